The molecule has 0 saturated heterocycles. The molecule has 1 unspecified atom stereocenters. The Hall–Kier alpha value is -4.72. The van der Waals surface area contributed by atoms with E-state index in [0.717, 1.165) is 22.0 Å². The lowest BCUT2D eigenvalue weighted by molar-refractivity contribution is -0.120. The van der Waals surface area contributed by atoms with Crippen molar-refractivity contribution < 1.29 is 14.4 Å². The zero-order valence-corrected chi connectivity index (χ0v) is 19.0. The Morgan fingerprint density at radius 3 is 2.63 bits per heavy atom. The first-order valence-corrected chi connectivity index (χ1v) is 11.1. The third kappa shape index (κ3) is 4.41. The second-order valence-electron chi connectivity index (χ2n) is 7.93. The van der Waals surface area contributed by atoms with Crippen molar-refractivity contribution in [2.24, 2.45) is 10.1 Å². The topological polar surface area (TPSA) is 99.1 Å². The van der Waals surface area contributed by atoms with E-state index in [0.29, 0.717) is 17.1 Å². The molecule has 0 saturated carbocycles. The van der Waals surface area contributed by atoms with Gasteiger partial charge in [0.25, 0.3) is 11.8 Å². The lowest BCUT2D eigenvalue weighted by Crippen LogP contribution is -2.48. The zero-order valence-electron chi connectivity index (χ0n) is 19.0. The first-order chi connectivity index (χ1) is 17.2. The summed E-state index contributed by atoms with van der Waals surface area (Å²) in [6.07, 6.45) is 0.353. The van der Waals surface area contributed by atoms with Crippen LogP contribution in [0, 0.1) is 0 Å². The molecule has 1 aliphatic rings. The highest BCUT2D eigenvalue weighted by atomic mass is 16.6. The third-order valence-corrected chi connectivity index (χ3v) is 5.74. The molecule has 2 N–H and O–H groups in total. The van der Waals surface area contributed by atoms with Crippen LogP contribution in [0.1, 0.15) is 21.6 Å². The fourth-order valence-electron chi connectivity index (χ4n) is 4.12. The Morgan fingerprint density at radius 1 is 1.09 bits per heavy atom. The number of benzene rings is 3. The Morgan fingerprint density at radius 2 is 1.83 bits per heavy atom. The maximum atomic E-state index is 13.7. The average Bonchev–Trinajstić information content (AvgIpc) is 3.30. The van der Waals surface area contributed by atoms with Gasteiger partial charge in [-0.05, 0) is 18.2 Å². The summed E-state index contributed by atoms with van der Waals surface area (Å²) in [6, 6.07) is 26.5. The van der Waals surface area contributed by atoms with Crippen molar-refractivity contribution in [3.8, 4) is 0 Å². The first-order valence-electron chi connectivity index (χ1n) is 11.1. The molecule has 174 valence electrons. The van der Waals surface area contributed by atoms with Crippen molar-refractivity contribution >= 4 is 40.3 Å². The number of fused-ring (bicyclic) bond motifs is 2. The number of carbonyl (C=O) groups excluding carboxylic acids is 2. The first kappa shape index (κ1) is 22.1. The summed E-state index contributed by atoms with van der Waals surface area (Å²) in [5.41, 5.74) is 4.09. The molecule has 0 spiro atoms. The van der Waals surface area contributed by atoms with Gasteiger partial charge in [0.1, 0.15) is 12.8 Å². The van der Waals surface area contributed by atoms with Crippen molar-refractivity contribution in [2.75, 3.05) is 18.6 Å². The number of nitrogens with zero attached hydrogens (tertiary/aromatic N) is 3. The molecule has 4 aromatic rings. The molecule has 0 aliphatic carbocycles. The van der Waals surface area contributed by atoms with Crippen LogP contribution in [0.25, 0.3) is 10.9 Å². The normalized spacial score (nSPS) is 15.6. The average molecular weight is 466 g/mol. The minimum atomic E-state index is -1.15. The number of aromatic nitrogens is 1. The van der Waals surface area contributed by atoms with Crippen LogP contribution < -0.4 is 10.2 Å². The molecule has 3 aromatic carbocycles. The highest BCUT2D eigenvalue weighted by Crippen LogP contribution is 2.28. The fraction of sp³-hybridized carbons (Fsp3) is 0.111. The molecule has 2 heterocycles. The van der Waals surface area contributed by atoms with Gasteiger partial charge in [-0.1, -0.05) is 71.9 Å². The van der Waals surface area contributed by atoms with Crippen molar-refractivity contribution in [1.82, 2.24) is 10.3 Å². The molecule has 0 radical (unpaired) electrons. The van der Waals surface area contributed by atoms with Crippen molar-refractivity contribution in [3.05, 3.63) is 102 Å². The molecule has 35 heavy (non-hydrogen) atoms. The van der Waals surface area contributed by atoms with Gasteiger partial charge < -0.3 is 20.0 Å². The lowest BCUT2D eigenvalue weighted by atomic mass is 10.0. The van der Waals surface area contributed by atoms with Crippen LogP contribution >= 0.6 is 0 Å². The molecule has 1 aromatic heterocycles. The number of anilines is 1. The van der Waals surface area contributed by atoms with Crippen LogP contribution in [0.3, 0.4) is 0 Å². The van der Waals surface area contributed by atoms with Crippen LogP contribution in [-0.2, 0) is 9.63 Å². The Balaban J connectivity index is 1.57. The maximum absolute atomic E-state index is 13.7. The summed E-state index contributed by atoms with van der Waals surface area (Å²) >= 11 is 0. The smallest absolute Gasteiger partial charge is 0.272 e. The summed E-state index contributed by atoms with van der Waals surface area (Å²) in [4.78, 5) is 41.1. The van der Waals surface area contributed by atoms with Crippen LogP contribution in [0.5, 0.6) is 0 Å². The number of rotatable bonds is 6. The number of hydrogen-bond donors (Lipinski definition) is 2. The van der Waals surface area contributed by atoms with E-state index in [9.17, 15) is 9.59 Å². The number of oxime groups is 1. The van der Waals surface area contributed by atoms with Crippen LogP contribution in [0.15, 0.2) is 95.1 Å². The Bertz CT molecular complexity index is 1410. The van der Waals surface area contributed by atoms with Crippen LogP contribution in [-0.4, -0.2) is 48.5 Å². The molecule has 5 rings (SSSR count). The van der Waals surface area contributed by atoms with Gasteiger partial charge in [-0.2, -0.15) is 0 Å². The highest BCUT2D eigenvalue weighted by Gasteiger charge is 2.33. The fourth-order valence-corrected chi connectivity index (χ4v) is 4.12. The minimum Gasteiger partial charge on any atom is -0.399 e. The van der Waals surface area contributed by atoms with Crippen LogP contribution in [0.2, 0.25) is 0 Å². The monoisotopic (exact) mass is 465 g/mol. The Kier molecular flexibility index (Phi) is 6.09. The van der Waals surface area contributed by atoms with E-state index in [-0.39, 0.29) is 12.5 Å². The molecule has 0 fully saturated rings. The third-order valence-electron chi connectivity index (χ3n) is 5.74. The molecule has 8 heteroatoms. The summed E-state index contributed by atoms with van der Waals surface area (Å²) in [6.45, 7) is 0.153. The minimum absolute atomic E-state index is 0.153. The molecular weight excluding hydrogens is 442 g/mol. The van der Waals surface area contributed by atoms with Gasteiger partial charge in [0.05, 0.1) is 24.2 Å². The van der Waals surface area contributed by atoms with Gasteiger partial charge in [-0.3, -0.25) is 9.59 Å². The van der Waals surface area contributed by atoms with Gasteiger partial charge >= 0.3 is 0 Å². The van der Waals surface area contributed by atoms with E-state index in [4.69, 9.17) is 9.83 Å². The van der Waals surface area contributed by atoms with Gasteiger partial charge in [-0.15, -0.1) is 0 Å². The number of carbonyl (C=O) groups is 2. The number of aliphatic imine (C=N–C) groups is 1. The number of para-hydroxylation sites is 2. The molecule has 1 aliphatic heterocycles. The van der Waals surface area contributed by atoms with E-state index in [1.165, 1.54) is 13.3 Å². The number of hydrogen-bond acceptors (Lipinski definition) is 5. The van der Waals surface area contributed by atoms with Gasteiger partial charge in [-0.25, -0.2) is 4.99 Å². The van der Waals surface area contributed by atoms with E-state index in [1.807, 2.05) is 78.9 Å². The number of H-pyrrole nitrogens is 1. The van der Waals surface area contributed by atoms with Crippen molar-refractivity contribution in [2.45, 2.75) is 6.17 Å². The molecule has 0 bridgehead atoms. The van der Waals surface area contributed by atoms with Crippen molar-refractivity contribution in [3.63, 3.8) is 0 Å². The van der Waals surface area contributed by atoms with E-state index in [2.05, 4.69) is 15.5 Å². The summed E-state index contributed by atoms with van der Waals surface area (Å²) in [7, 11) is 1.44. The summed E-state index contributed by atoms with van der Waals surface area (Å²) < 4.78 is 0. The van der Waals surface area contributed by atoms with Gasteiger partial charge in [0, 0.05) is 22.0 Å². The maximum Gasteiger partial charge on any atom is 0.272 e. The SMILES string of the molecule is CO/N=C/CN1C(=O)C(NC(=O)c2cc3ccccc3[nH]2)N=C(c2ccccc2)c2ccccc21. The largest absolute Gasteiger partial charge is 0.399 e. The van der Waals surface area contributed by atoms with E-state index < -0.39 is 12.1 Å². The molecular formula is C27H23N5O3. The molecule has 8 nitrogen and oxygen atoms in total. The summed E-state index contributed by atoms with van der Waals surface area (Å²) in [5, 5.41) is 7.51. The van der Waals surface area contributed by atoms with Crippen molar-refractivity contribution in [1.29, 1.82) is 0 Å². The second-order valence-corrected chi connectivity index (χ2v) is 7.93. The quantitative estimate of drug-likeness (QED) is 0.335. The number of nitrogens with one attached hydrogen (secondary N) is 2. The molecule has 2 amide bonds. The lowest BCUT2D eigenvalue weighted by Gasteiger charge is -2.23. The summed E-state index contributed by atoms with van der Waals surface area (Å²) in [5.74, 6) is -0.803. The zero-order chi connectivity index (χ0) is 24.2. The number of amides is 2. The highest BCUT2D eigenvalue weighted by molar-refractivity contribution is 6.20. The predicted octanol–water partition coefficient (Wildman–Crippen LogP) is 3.74. The second kappa shape index (κ2) is 9.64. The van der Waals surface area contributed by atoms with Gasteiger partial charge in [0.15, 0.2) is 0 Å². The van der Waals surface area contributed by atoms with E-state index in [1.54, 1.807) is 11.0 Å². The van der Waals surface area contributed by atoms with Gasteiger partial charge in [0.2, 0.25) is 6.17 Å². The standard InChI is InChI=1S/C27H23N5O3/c1-35-28-15-16-32-23-14-8-6-12-20(23)24(18-9-3-2-4-10-18)30-25(27(32)34)31-26(33)22-17-19-11-5-7-13-21(19)29-22/h2-15,17,25,29H,16H2,1H3,(H,31,33)/b28-15+. The number of benzodiazepines with no additional fused rings is 1. The number of aromatic amines is 1. The van der Waals surface area contributed by atoms with E-state index >= 15 is 0 Å². The van der Waals surface area contributed by atoms with Crippen LogP contribution in [0.4, 0.5) is 5.69 Å². The Labute approximate surface area is 201 Å². The predicted molar refractivity (Wildman–Crippen MR) is 136 cm³/mol. The molecule has 1 atom stereocenters.